The molecule has 0 heterocycles. The zero-order valence-corrected chi connectivity index (χ0v) is 12.8. The Balaban J connectivity index is 2.79. The fraction of sp³-hybridized carbons (Fsp3) is 0.250. The van der Waals surface area contributed by atoms with Crippen LogP contribution in [0.25, 0.3) is 0 Å². The Bertz CT molecular complexity index is 491. The minimum absolute atomic E-state index is 0.563. The molecule has 0 atom stereocenters. The highest BCUT2D eigenvalue weighted by Gasteiger charge is 2.19. The first-order chi connectivity index (χ1) is 8.43. The summed E-state index contributed by atoms with van der Waals surface area (Å²) in [6.45, 7) is 3.63. The van der Waals surface area contributed by atoms with Crippen LogP contribution in [0, 0.1) is 6.92 Å². The molecule has 0 saturated heterocycles. The van der Waals surface area contributed by atoms with Gasteiger partial charge in [-0.15, -0.1) is 0 Å². The topological polar surface area (TPSA) is 41.8 Å². The van der Waals surface area contributed by atoms with Crippen molar-refractivity contribution in [1.82, 2.24) is 0 Å². The largest absolute Gasteiger partial charge is 0.559 e. The molecule has 0 amide bonds. The van der Waals surface area contributed by atoms with Crippen LogP contribution >= 0.6 is 27.5 Å². The van der Waals surface area contributed by atoms with Crippen LogP contribution in [-0.4, -0.2) is 23.8 Å². The smallest absolute Gasteiger partial charge is 0.536 e. The molecule has 0 unspecified atom stereocenters. The normalized spacial score (nSPS) is 12.6. The summed E-state index contributed by atoms with van der Waals surface area (Å²) < 4.78 is 6.02. The van der Waals surface area contributed by atoms with Gasteiger partial charge in [-0.05, 0) is 46.9 Å². The van der Waals surface area contributed by atoms with Gasteiger partial charge in [0.1, 0.15) is 4.62 Å². The van der Waals surface area contributed by atoms with Crippen LogP contribution in [-0.2, 0) is 4.65 Å². The summed E-state index contributed by atoms with van der Waals surface area (Å²) in [5.74, 6) is 0.563. The molecule has 1 aromatic carbocycles. The Morgan fingerprint density at radius 3 is 2.78 bits per heavy atom. The minimum atomic E-state index is -1.02. The first kappa shape index (κ1) is 15.3. The number of aliphatic imine (C=N–C) groups is 1. The van der Waals surface area contributed by atoms with Crippen molar-refractivity contribution in [2.24, 2.45) is 4.99 Å². The number of nitrogens with zero attached hydrogens (tertiary/aromatic N) is 1. The summed E-state index contributed by atoms with van der Waals surface area (Å²) in [7, 11) is 0.640. The Labute approximate surface area is 121 Å². The molecule has 0 fully saturated rings. The summed E-state index contributed by atoms with van der Waals surface area (Å²) in [5, 5.41) is 10.6. The molecule has 3 nitrogen and oxygen atoms in total. The summed E-state index contributed by atoms with van der Waals surface area (Å²) in [5.41, 5.74) is 1.56. The molecule has 18 heavy (non-hydrogen) atoms. The van der Waals surface area contributed by atoms with Crippen LogP contribution in [0.3, 0.4) is 0 Å². The van der Waals surface area contributed by atoms with E-state index in [1.54, 1.807) is 38.2 Å². The quantitative estimate of drug-likeness (QED) is 0.524. The van der Waals surface area contributed by atoms with E-state index in [9.17, 15) is 5.02 Å². The third-order valence-corrected chi connectivity index (χ3v) is 3.31. The van der Waals surface area contributed by atoms with Crippen LogP contribution < -0.4 is 5.46 Å². The van der Waals surface area contributed by atoms with Gasteiger partial charge in [-0.2, -0.15) is 0 Å². The van der Waals surface area contributed by atoms with Crippen molar-refractivity contribution in [2.75, 3.05) is 7.05 Å². The van der Waals surface area contributed by atoms with Crippen LogP contribution in [0.15, 0.2) is 35.0 Å². The van der Waals surface area contributed by atoms with Crippen molar-refractivity contribution < 1.29 is 9.68 Å². The average Bonchev–Trinajstić information content (AvgIpc) is 2.32. The zero-order chi connectivity index (χ0) is 13.7. The number of benzene rings is 1. The van der Waals surface area contributed by atoms with Gasteiger partial charge in [0.15, 0.2) is 0 Å². The van der Waals surface area contributed by atoms with Gasteiger partial charge in [-0.1, -0.05) is 23.7 Å². The molecule has 6 heteroatoms. The van der Waals surface area contributed by atoms with E-state index < -0.39 is 7.12 Å². The number of hydrogen-bond donors (Lipinski definition) is 1. The van der Waals surface area contributed by atoms with Crippen molar-refractivity contribution in [3.8, 4) is 0 Å². The lowest BCUT2D eigenvalue weighted by atomic mass is 9.79. The molecule has 0 aliphatic carbocycles. The van der Waals surface area contributed by atoms with Gasteiger partial charge >= 0.3 is 7.12 Å². The summed E-state index contributed by atoms with van der Waals surface area (Å²) in [6, 6.07) is 5.26. The van der Waals surface area contributed by atoms with Crippen LogP contribution in [0.5, 0.6) is 0 Å². The standard InChI is InChI=1S/C12H14BBrClNO2/c1-8-6-10(4-5-11(8)15)13(17)18-9(2)7-12(14)16-3/h4-7,17H,1-3H3/b9-7+,16-12?. The zero-order valence-electron chi connectivity index (χ0n) is 10.4. The summed E-state index contributed by atoms with van der Waals surface area (Å²) in [6.07, 6.45) is 1.69. The van der Waals surface area contributed by atoms with E-state index in [1.165, 1.54) is 0 Å². The van der Waals surface area contributed by atoms with E-state index in [1.807, 2.05) is 6.92 Å². The molecule has 0 radical (unpaired) electrons. The second-order valence-electron chi connectivity index (χ2n) is 3.78. The van der Waals surface area contributed by atoms with E-state index in [0.717, 1.165) is 5.56 Å². The fourth-order valence-corrected chi connectivity index (χ4v) is 1.77. The maximum Gasteiger partial charge on any atom is 0.559 e. The minimum Gasteiger partial charge on any atom is -0.536 e. The van der Waals surface area contributed by atoms with Gasteiger partial charge in [0, 0.05) is 18.1 Å². The molecular formula is C12H14BBrClNO2. The first-order valence-electron chi connectivity index (χ1n) is 5.35. The molecule has 0 aliphatic rings. The van der Waals surface area contributed by atoms with Crippen molar-refractivity contribution in [1.29, 1.82) is 0 Å². The molecule has 0 spiro atoms. The Morgan fingerprint density at radius 1 is 1.56 bits per heavy atom. The van der Waals surface area contributed by atoms with Gasteiger partial charge < -0.3 is 9.68 Å². The lowest BCUT2D eigenvalue weighted by Gasteiger charge is -2.11. The highest BCUT2D eigenvalue weighted by molar-refractivity contribution is 9.18. The molecule has 0 saturated carbocycles. The predicted octanol–water partition coefficient (Wildman–Crippen LogP) is 2.68. The van der Waals surface area contributed by atoms with Crippen molar-refractivity contribution in [2.45, 2.75) is 13.8 Å². The molecule has 1 N–H and O–H groups in total. The van der Waals surface area contributed by atoms with Gasteiger partial charge in [0.05, 0.1) is 5.76 Å². The van der Waals surface area contributed by atoms with Gasteiger partial charge in [0.2, 0.25) is 0 Å². The van der Waals surface area contributed by atoms with Gasteiger partial charge in [-0.3, -0.25) is 4.99 Å². The molecule has 1 rings (SSSR count). The van der Waals surface area contributed by atoms with Crippen LogP contribution in [0.4, 0.5) is 0 Å². The monoisotopic (exact) mass is 329 g/mol. The van der Waals surface area contributed by atoms with E-state index in [2.05, 4.69) is 20.9 Å². The van der Waals surface area contributed by atoms with E-state index in [0.29, 0.717) is 20.9 Å². The fourth-order valence-electron chi connectivity index (χ4n) is 1.33. The third-order valence-electron chi connectivity index (χ3n) is 2.30. The van der Waals surface area contributed by atoms with Crippen molar-refractivity contribution in [3.05, 3.63) is 40.6 Å². The lowest BCUT2D eigenvalue weighted by Crippen LogP contribution is -2.33. The molecule has 0 aliphatic heterocycles. The van der Waals surface area contributed by atoms with Crippen LogP contribution in [0.2, 0.25) is 5.02 Å². The average molecular weight is 330 g/mol. The number of allylic oxidation sites excluding steroid dienone is 2. The number of hydrogen-bond acceptors (Lipinski definition) is 3. The third kappa shape index (κ3) is 4.48. The van der Waals surface area contributed by atoms with Crippen molar-refractivity contribution in [3.63, 3.8) is 0 Å². The van der Waals surface area contributed by atoms with Gasteiger partial charge in [0.25, 0.3) is 0 Å². The van der Waals surface area contributed by atoms with Crippen molar-refractivity contribution >= 4 is 44.7 Å². The Kier molecular flexibility index (Phi) is 5.92. The molecule has 1 aromatic rings. The second kappa shape index (κ2) is 6.97. The van der Waals surface area contributed by atoms with Gasteiger partial charge in [-0.25, -0.2) is 0 Å². The van der Waals surface area contributed by atoms with E-state index in [4.69, 9.17) is 16.3 Å². The molecule has 96 valence electrons. The van der Waals surface area contributed by atoms with E-state index in [-0.39, 0.29) is 0 Å². The SMILES string of the molecule is CN=C(Br)/C=C(\C)OB(O)c1ccc(Cl)c(C)c1. The molecule has 0 aromatic heterocycles. The highest BCUT2D eigenvalue weighted by Crippen LogP contribution is 2.12. The number of rotatable bonds is 4. The predicted molar refractivity (Wildman–Crippen MR) is 80.9 cm³/mol. The first-order valence-corrected chi connectivity index (χ1v) is 6.52. The van der Waals surface area contributed by atoms with E-state index >= 15 is 0 Å². The maximum atomic E-state index is 9.93. The maximum absolute atomic E-state index is 9.93. The second-order valence-corrected chi connectivity index (χ2v) is 5.00. The highest BCUT2D eigenvalue weighted by atomic mass is 79.9. The molecular weight excluding hydrogens is 316 g/mol. The molecule has 0 bridgehead atoms. The summed E-state index contributed by atoms with van der Waals surface area (Å²) >= 11 is 9.16. The number of aryl methyl sites for hydroxylation is 1. The Morgan fingerprint density at radius 2 is 2.22 bits per heavy atom. The summed E-state index contributed by atoms with van der Waals surface area (Å²) in [4.78, 5) is 3.91. The Hall–Kier alpha value is -0.775. The number of halogens is 2. The van der Waals surface area contributed by atoms with Crippen LogP contribution in [0.1, 0.15) is 12.5 Å². The lowest BCUT2D eigenvalue weighted by molar-refractivity contribution is 0.353.